The van der Waals surface area contributed by atoms with Crippen LogP contribution in [0.15, 0.2) is 58.6 Å². The minimum Gasteiger partial charge on any atom is -0.224 e. The van der Waals surface area contributed by atoms with E-state index in [4.69, 9.17) is 0 Å². The minimum absolute atomic E-state index is 0.0348. The van der Waals surface area contributed by atoms with Crippen molar-refractivity contribution in [1.29, 1.82) is 0 Å². The Morgan fingerprint density at radius 3 is 2.75 bits per heavy atom. The number of hydrogen-bond donors (Lipinski definition) is 0. The number of sulfone groups is 1. The van der Waals surface area contributed by atoms with Gasteiger partial charge in [-0.3, -0.25) is 0 Å². The van der Waals surface area contributed by atoms with Crippen molar-refractivity contribution in [3.05, 3.63) is 48.6 Å². The van der Waals surface area contributed by atoms with Gasteiger partial charge in [-0.15, -0.1) is 5.10 Å². The van der Waals surface area contributed by atoms with E-state index >= 15 is 0 Å². The summed E-state index contributed by atoms with van der Waals surface area (Å²) in [4.78, 5) is 0.339. The van der Waals surface area contributed by atoms with Gasteiger partial charge < -0.3 is 0 Å². The zero-order chi connectivity index (χ0) is 17.4. The molecule has 0 fully saturated rings. The third-order valence-corrected chi connectivity index (χ3v) is 6.08. The first-order valence-corrected chi connectivity index (χ1v) is 10.2. The van der Waals surface area contributed by atoms with Crippen LogP contribution >= 0.6 is 11.8 Å². The number of allylic oxidation sites excluding steroid dienone is 4. The highest BCUT2D eigenvalue weighted by Gasteiger charge is 2.15. The predicted octanol–water partition coefficient (Wildman–Crippen LogP) is 3.07. The van der Waals surface area contributed by atoms with Crippen molar-refractivity contribution in [1.82, 2.24) is 20.2 Å². The van der Waals surface area contributed by atoms with Crippen LogP contribution in [0.2, 0.25) is 0 Å². The second kappa shape index (κ2) is 8.79. The third kappa shape index (κ3) is 5.04. The Balaban J connectivity index is 2.00. The molecule has 0 aliphatic carbocycles. The molecule has 24 heavy (non-hydrogen) atoms. The largest absolute Gasteiger partial charge is 0.224 e. The predicted molar refractivity (Wildman–Crippen MR) is 96.4 cm³/mol. The van der Waals surface area contributed by atoms with Crippen LogP contribution in [0.4, 0.5) is 0 Å². The van der Waals surface area contributed by atoms with Crippen LogP contribution in [0.3, 0.4) is 0 Å². The average molecular weight is 364 g/mol. The molecule has 0 radical (unpaired) electrons. The lowest BCUT2D eigenvalue weighted by atomic mass is 10.3. The molecule has 128 valence electrons. The van der Waals surface area contributed by atoms with Gasteiger partial charge in [0.2, 0.25) is 5.16 Å². The quantitative estimate of drug-likeness (QED) is 0.529. The molecule has 1 aromatic heterocycles. The van der Waals surface area contributed by atoms with E-state index in [1.807, 2.05) is 25.2 Å². The molecule has 1 aromatic carbocycles. The molecule has 8 heteroatoms. The van der Waals surface area contributed by atoms with E-state index in [0.29, 0.717) is 15.8 Å². The van der Waals surface area contributed by atoms with E-state index in [1.165, 1.54) is 11.8 Å². The first-order valence-electron chi connectivity index (χ1n) is 7.57. The number of nitrogens with zero attached hydrogens (tertiary/aromatic N) is 4. The van der Waals surface area contributed by atoms with Crippen LogP contribution in [0, 0.1) is 0 Å². The lowest BCUT2D eigenvalue weighted by Crippen LogP contribution is -2.09. The zero-order valence-electron chi connectivity index (χ0n) is 13.7. The maximum absolute atomic E-state index is 12.3. The van der Waals surface area contributed by atoms with Gasteiger partial charge in [0.1, 0.15) is 0 Å². The molecule has 0 aliphatic rings. The lowest BCUT2D eigenvalue weighted by molar-refractivity contribution is 0.597. The highest BCUT2D eigenvalue weighted by atomic mass is 32.2. The van der Waals surface area contributed by atoms with Gasteiger partial charge in [0.15, 0.2) is 9.84 Å². The van der Waals surface area contributed by atoms with Gasteiger partial charge in [0.25, 0.3) is 0 Å². The van der Waals surface area contributed by atoms with Gasteiger partial charge in [-0.25, -0.2) is 8.42 Å². The van der Waals surface area contributed by atoms with Crippen LogP contribution in [0.25, 0.3) is 5.70 Å². The molecule has 0 saturated heterocycles. The third-order valence-electron chi connectivity index (χ3n) is 3.17. The van der Waals surface area contributed by atoms with Crippen molar-refractivity contribution >= 4 is 27.3 Å². The van der Waals surface area contributed by atoms with Gasteiger partial charge in [0, 0.05) is 11.4 Å². The number of benzene rings is 1. The van der Waals surface area contributed by atoms with Crippen molar-refractivity contribution in [2.24, 2.45) is 0 Å². The maximum Gasteiger partial charge on any atom is 0.213 e. The molecule has 2 aromatic rings. The molecule has 6 nitrogen and oxygen atoms in total. The summed E-state index contributed by atoms with van der Waals surface area (Å²) in [6, 6.07) is 8.45. The molecule has 0 spiro atoms. The fourth-order valence-corrected chi connectivity index (χ4v) is 4.49. The van der Waals surface area contributed by atoms with Gasteiger partial charge in [-0.1, -0.05) is 49.0 Å². The van der Waals surface area contributed by atoms with Gasteiger partial charge in [0.05, 0.1) is 10.6 Å². The molecule has 0 unspecified atom stereocenters. The van der Waals surface area contributed by atoms with E-state index < -0.39 is 9.84 Å². The lowest BCUT2D eigenvalue weighted by Gasteiger charge is -2.05. The molecule has 0 atom stereocenters. The van der Waals surface area contributed by atoms with Crippen LogP contribution in [0.5, 0.6) is 0 Å². The van der Waals surface area contributed by atoms with Crippen LogP contribution in [-0.2, 0) is 9.84 Å². The van der Waals surface area contributed by atoms with E-state index in [9.17, 15) is 8.42 Å². The second-order valence-corrected chi connectivity index (χ2v) is 8.17. The van der Waals surface area contributed by atoms with Crippen LogP contribution in [0.1, 0.15) is 20.3 Å². The number of hydrogen-bond acceptors (Lipinski definition) is 6. The molecule has 0 N–H and O–H groups in total. The van der Waals surface area contributed by atoms with Crippen molar-refractivity contribution in [2.75, 3.05) is 11.5 Å². The normalized spacial score (nSPS) is 12.8. The van der Waals surface area contributed by atoms with Crippen LogP contribution in [-0.4, -0.2) is 40.1 Å². The van der Waals surface area contributed by atoms with E-state index in [0.717, 1.165) is 12.1 Å². The first kappa shape index (κ1) is 18.4. The Labute approximate surface area is 146 Å². The molecule has 0 aliphatic heterocycles. The van der Waals surface area contributed by atoms with E-state index in [1.54, 1.807) is 35.0 Å². The summed E-state index contributed by atoms with van der Waals surface area (Å²) >= 11 is 1.33. The van der Waals surface area contributed by atoms with Crippen molar-refractivity contribution in [3.63, 3.8) is 0 Å². The number of tetrazole rings is 1. The molecule has 1 heterocycles. The Morgan fingerprint density at radius 2 is 2.04 bits per heavy atom. The molecular formula is C16H20N4O2S2. The highest BCUT2D eigenvalue weighted by Crippen LogP contribution is 2.19. The topological polar surface area (TPSA) is 77.7 Å². The summed E-state index contributed by atoms with van der Waals surface area (Å²) in [6.07, 6.45) is 6.86. The number of thioether (sulfide) groups is 1. The summed E-state index contributed by atoms with van der Waals surface area (Å²) in [5.74, 6) is 0.419. The smallest absolute Gasteiger partial charge is 0.213 e. The number of aromatic nitrogens is 4. The van der Waals surface area contributed by atoms with Crippen LogP contribution < -0.4 is 0 Å². The summed E-state index contributed by atoms with van der Waals surface area (Å²) < 4.78 is 26.1. The van der Waals surface area contributed by atoms with Crippen molar-refractivity contribution in [3.8, 4) is 0 Å². The van der Waals surface area contributed by atoms with Crippen molar-refractivity contribution in [2.45, 2.75) is 30.3 Å². The Bertz CT molecular complexity index is 812. The maximum atomic E-state index is 12.3. The zero-order valence-corrected chi connectivity index (χ0v) is 15.3. The molecular weight excluding hydrogens is 344 g/mol. The van der Waals surface area contributed by atoms with Gasteiger partial charge >= 0.3 is 0 Å². The minimum atomic E-state index is -3.29. The molecule has 2 rings (SSSR count). The SMILES string of the molecule is CC/C=C\C=C(/C)n1nnnc1SCCS(=O)(=O)c1ccccc1. The standard InChI is InChI=1S/C16H20N4O2S2/c1-3-4-6-9-14(2)20-16(17-18-19-20)23-12-13-24(21,22)15-10-7-5-8-11-15/h4-11H,3,12-13H2,1-2H3/b6-4-,14-9+. The Kier molecular flexibility index (Phi) is 6.74. The number of rotatable bonds is 8. The van der Waals surface area contributed by atoms with Gasteiger partial charge in [-0.2, -0.15) is 4.68 Å². The molecule has 0 bridgehead atoms. The summed E-state index contributed by atoms with van der Waals surface area (Å²) in [5.41, 5.74) is 0.873. The fraction of sp³-hybridized carbons (Fsp3) is 0.312. The summed E-state index contributed by atoms with van der Waals surface area (Å²) in [6.45, 7) is 3.96. The Hall–Kier alpha value is -1.93. The van der Waals surface area contributed by atoms with Crippen molar-refractivity contribution < 1.29 is 8.42 Å². The summed E-state index contributed by atoms with van der Waals surface area (Å²) in [5, 5.41) is 12.2. The highest BCUT2D eigenvalue weighted by molar-refractivity contribution is 8.00. The summed E-state index contributed by atoms with van der Waals surface area (Å²) in [7, 11) is -3.29. The van der Waals surface area contributed by atoms with E-state index in [2.05, 4.69) is 22.4 Å². The first-order chi connectivity index (χ1) is 11.5. The second-order valence-electron chi connectivity index (χ2n) is 5.00. The van der Waals surface area contributed by atoms with E-state index in [-0.39, 0.29) is 5.75 Å². The fourth-order valence-electron chi connectivity index (χ4n) is 1.89. The molecule has 0 amide bonds. The Morgan fingerprint density at radius 1 is 1.29 bits per heavy atom. The van der Waals surface area contributed by atoms with Gasteiger partial charge in [-0.05, 0) is 42.0 Å². The monoisotopic (exact) mass is 364 g/mol. The molecule has 0 saturated carbocycles. The average Bonchev–Trinajstić information content (AvgIpc) is 3.04.